The van der Waals surface area contributed by atoms with Gasteiger partial charge >= 0.3 is 0 Å². The summed E-state index contributed by atoms with van der Waals surface area (Å²) in [6.45, 7) is 2.60. The van der Waals surface area contributed by atoms with Crippen molar-refractivity contribution in [3.63, 3.8) is 0 Å². The minimum Gasteiger partial charge on any atom is -0.508 e. The van der Waals surface area contributed by atoms with Gasteiger partial charge in [0, 0.05) is 12.1 Å². The molecule has 1 aliphatic heterocycles. The van der Waals surface area contributed by atoms with Gasteiger partial charge in [0.05, 0.1) is 5.69 Å². The average molecular weight is 253 g/mol. The van der Waals surface area contributed by atoms with Gasteiger partial charge in [0.25, 0.3) is 5.91 Å². The van der Waals surface area contributed by atoms with E-state index in [9.17, 15) is 9.90 Å². The number of phenols is 1. The topological polar surface area (TPSA) is 40.5 Å². The molecule has 0 fully saturated rings. The maximum absolute atomic E-state index is 12.5. The van der Waals surface area contributed by atoms with E-state index < -0.39 is 0 Å². The predicted molar refractivity (Wildman–Crippen MR) is 74.7 cm³/mol. The van der Waals surface area contributed by atoms with Gasteiger partial charge in [-0.15, -0.1) is 0 Å². The van der Waals surface area contributed by atoms with Gasteiger partial charge in [-0.1, -0.05) is 18.2 Å². The fraction of sp³-hybridized carbons (Fsp3) is 0.188. The van der Waals surface area contributed by atoms with Crippen molar-refractivity contribution in [2.24, 2.45) is 0 Å². The van der Waals surface area contributed by atoms with Crippen LogP contribution in [0.3, 0.4) is 0 Å². The maximum atomic E-state index is 12.5. The quantitative estimate of drug-likeness (QED) is 0.849. The Labute approximate surface area is 112 Å². The SMILES string of the molecule is Cc1cc(O)cc2c1N(C(=O)c1ccccc1)CC2. The Morgan fingerprint density at radius 3 is 2.68 bits per heavy atom. The molecule has 0 aliphatic carbocycles. The summed E-state index contributed by atoms with van der Waals surface area (Å²) in [4.78, 5) is 14.3. The predicted octanol–water partition coefficient (Wildman–Crippen LogP) is 2.90. The number of rotatable bonds is 1. The van der Waals surface area contributed by atoms with Crippen molar-refractivity contribution >= 4 is 11.6 Å². The van der Waals surface area contributed by atoms with Crippen LogP contribution in [-0.2, 0) is 6.42 Å². The zero-order chi connectivity index (χ0) is 13.4. The standard InChI is InChI=1S/C16H15NO2/c1-11-9-14(18)10-13-7-8-17(15(11)13)16(19)12-5-3-2-4-6-12/h2-6,9-10,18H,7-8H2,1H3. The number of hydrogen-bond donors (Lipinski definition) is 1. The number of hydrogen-bond acceptors (Lipinski definition) is 2. The molecule has 2 aromatic carbocycles. The summed E-state index contributed by atoms with van der Waals surface area (Å²) in [7, 11) is 0. The molecule has 3 rings (SSSR count). The third-order valence-corrected chi connectivity index (χ3v) is 3.50. The maximum Gasteiger partial charge on any atom is 0.258 e. The van der Waals surface area contributed by atoms with E-state index in [1.54, 1.807) is 17.0 Å². The lowest BCUT2D eigenvalue weighted by Gasteiger charge is -2.19. The molecule has 1 N–H and O–H groups in total. The van der Waals surface area contributed by atoms with Crippen LogP contribution in [0, 0.1) is 6.92 Å². The summed E-state index contributed by atoms with van der Waals surface area (Å²) in [5, 5.41) is 9.62. The second-order valence-corrected chi connectivity index (χ2v) is 4.84. The van der Waals surface area contributed by atoms with Crippen LogP contribution in [0.25, 0.3) is 0 Å². The van der Waals surface area contributed by atoms with Crippen LogP contribution < -0.4 is 4.90 Å². The van der Waals surface area contributed by atoms with Crippen molar-refractivity contribution in [2.75, 3.05) is 11.4 Å². The molecule has 3 nitrogen and oxygen atoms in total. The Kier molecular flexibility index (Phi) is 2.75. The molecule has 0 aromatic heterocycles. The first-order chi connectivity index (χ1) is 9.16. The molecular formula is C16H15NO2. The molecule has 0 atom stereocenters. The summed E-state index contributed by atoms with van der Waals surface area (Å²) in [5.74, 6) is 0.290. The highest BCUT2D eigenvalue weighted by molar-refractivity contribution is 6.07. The normalized spacial score (nSPS) is 13.4. The molecule has 1 heterocycles. The molecule has 0 bridgehead atoms. The van der Waals surface area contributed by atoms with Crippen molar-refractivity contribution in [3.8, 4) is 5.75 Å². The van der Waals surface area contributed by atoms with E-state index in [1.807, 2.05) is 37.3 Å². The van der Waals surface area contributed by atoms with E-state index in [4.69, 9.17) is 0 Å². The average Bonchev–Trinajstić information content (AvgIpc) is 2.83. The van der Waals surface area contributed by atoms with E-state index in [0.717, 1.165) is 23.2 Å². The Morgan fingerprint density at radius 1 is 1.21 bits per heavy atom. The van der Waals surface area contributed by atoms with E-state index in [-0.39, 0.29) is 11.7 Å². The van der Waals surface area contributed by atoms with Crippen LogP contribution in [0.1, 0.15) is 21.5 Å². The smallest absolute Gasteiger partial charge is 0.258 e. The summed E-state index contributed by atoms with van der Waals surface area (Å²) < 4.78 is 0. The first kappa shape index (κ1) is 11.8. The second-order valence-electron chi connectivity index (χ2n) is 4.84. The first-order valence-electron chi connectivity index (χ1n) is 6.36. The number of anilines is 1. The summed E-state index contributed by atoms with van der Waals surface area (Å²) in [6, 6.07) is 12.8. The fourth-order valence-corrected chi connectivity index (χ4v) is 2.69. The van der Waals surface area contributed by atoms with E-state index in [1.165, 1.54) is 0 Å². The highest BCUT2D eigenvalue weighted by atomic mass is 16.3. The zero-order valence-electron chi connectivity index (χ0n) is 10.8. The number of aryl methyl sites for hydroxylation is 1. The van der Waals surface area contributed by atoms with E-state index in [0.29, 0.717) is 12.1 Å². The molecule has 0 saturated carbocycles. The third kappa shape index (κ3) is 1.97. The highest BCUT2D eigenvalue weighted by Gasteiger charge is 2.27. The Morgan fingerprint density at radius 2 is 1.95 bits per heavy atom. The molecule has 0 spiro atoms. The number of nitrogens with zero attached hydrogens (tertiary/aromatic N) is 1. The minimum atomic E-state index is 0.0214. The molecule has 19 heavy (non-hydrogen) atoms. The largest absolute Gasteiger partial charge is 0.508 e. The summed E-state index contributed by atoms with van der Waals surface area (Å²) >= 11 is 0. The summed E-state index contributed by atoms with van der Waals surface area (Å²) in [5.41, 5.74) is 3.63. The molecule has 3 heteroatoms. The van der Waals surface area contributed by atoms with Gasteiger partial charge in [-0.25, -0.2) is 0 Å². The van der Waals surface area contributed by atoms with Gasteiger partial charge < -0.3 is 10.0 Å². The number of benzene rings is 2. The Hall–Kier alpha value is -2.29. The van der Waals surface area contributed by atoms with Crippen molar-refractivity contribution in [2.45, 2.75) is 13.3 Å². The molecular weight excluding hydrogens is 238 g/mol. The molecule has 96 valence electrons. The fourth-order valence-electron chi connectivity index (χ4n) is 2.69. The lowest BCUT2D eigenvalue weighted by Crippen LogP contribution is -2.29. The molecule has 1 amide bonds. The monoisotopic (exact) mass is 253 g/mol. The molecule has 0 unspecified atom stereocenters. The van der Waals surface area contributed by atoms with Crippen molar-refractivity contribution in [1.82, 2.24) is 0 Å². The van der Waals surface area contributed by atoms with E-state index >= 15 is 0 Å². The summed E-state index contributed by atoms with van der Waals surface area (Å²) in [6.07, 6.45) is 0.795. The Bertz CT molecular complexity index is 635. The van der Waals surface area contributed by atoms with Crippen LogP contribution >= 0.6 is 0 Å². The first-order valence-corrected chi connectivity index (χ1v) is 6.36. The number of aromatic hydroxyl groups is 1. The van der Waals surface area contributed by atoms with Gasteiger partial charge in [0.15, 0.2) is 0 Å². The molecule has 0 saturated heterocycles. The molecule has 0 radical (unpaired) electrons. The van der Waals surface area contributed by atoms with Crippen LogP contribution in [0.4, 0.5) is 5.69 Å². The lowest BCUT2D eigenvalue weighted by atomic mass is 10.1. The van der Waals surface area contributed by atoms with Crippen LogP contribution in [0.2, 0.25) is 0 Å². The number of carbonyl (C=O) groups excluding carboxylic acids is 1. The zero-order valence-corrected chi connectivity index (χ0v) is 10.8. The van der Waals surface area contributed by atoms with Crippen LogP contribution in [-0.4, -0.2) is 17.6 Å². The van der Waals surface area contributed by atoms with Gasteiger partial charge in [0.1, 0.15) is 5.75 Å². The van der Waals surface area contributed by atoms with Gasteiger partial charge in [0.2, 0.25) is 0 Å². The second kappa shape index (κ2) is 4.43. The highest BCUT2D eigenvalue weighted by Crippen LogP contribution is 2.35. The van der Waals surface area contributed by atoms with Crippen molar-refractivity contribution in [3.05, 3.63) is 59.2 Å². The van der Waals surface area contributed by atoms with Gasteiger partial charge in [-0.2, -0.15) is 0 Å². The number of carbonyl (C=O) groups is 1. The third-order valence-electron chi connectivity index (χ3n) is 3.50. The van der Waals surface area contributed by atoms with Crippen LogP contribution in [0.5, 0.6) is 5.75 Å². The van der Waals surface area contributed by atoms with Crippen molar-refractivity contribution in [1.29, 1.82) is 0 Å². The van der Waals surface area contributed by atoms with Gasteiger partial charge in [-0.05, 0) is 48.7 Å². The van der Waals surface area contributed by atoms with Crippen molar-refractivity contribution < 1.29 is 9.90 Å². The van der Waals surface area contributed by atoms with E-state index in [2.05, 4.69) is 0 Å². The lowest BCUT2D eigenvalue weighted by molar-refractivity contribution is 0.0989. The number of phenolic OH excluding ortho intramolecular Hbond substituents is 1. The molecule has 2 aromatic rings. The Balaban J connectivity index is 2.01. The number of fused-ring (bicyclic) bond motifs is 1. The minimum absolute atomic E-state index is 0.0214. The van der Waals surface area contributed by atoms with Crippen LogP contribution in [0.15, 0.2) is 42.5 Å². The molecule has 1 aliphatic rings. The van der Waals surface area contributed by atoms with Gasteiger partial charge in [-0.3, -0.25) is 4.79 Å². The number of amides is 1.